The van der Waals surface area contributed by atoms with E-state index in [2.05, 4.69) is 31.2 Å². The smallest absolute Gasteiger partial charge is 0.306 e. The Balaban J connectivity index is 1.31. The summed E-state index contributed by atoms with van der Waals surface area (Å²) in [6, 6.07) is 8.59. The summed E-state index contributed by atoms with van der Waals surface area (Å²) in [6.45, 7) is 4.41. The highest BCUT2D eigenvalue weighted by molar-refractivity contribution is 5.81. The molecule has 0 unspecified atom stereocenters. The summed E-state index contributed by atoms with van der Waals surface area (Å²) in [7, 11) is 0. The fraction of sp³-hybridized carbons (Fsp3) is 0.600. The summed E-state index contributed by atoms with van der Waals surface area (Å²) in [6.07, 6.45) is 4.27. The van der Waals surface area contributed by atoms with Crippen LogP contribution in [0.25, 0.3) is 0 Å². The molecule has 4 heteroatoms. The Hall–Kier alpha value is -1.84. The molecule has 3 fully saturated rings. The SMILES string of the molecule is Cc1ccccc1C1CCN(C(=O)C2CC3(COC(=O)C3)C2)CC1. The summed E-state index contributed by atoms with van der Waals surface area (Å²) < 4.78 is 5.09. The number of ether oxygens (including phenoxy) is 1. The van der Waals surface area contributed by atoms with Gasteiger partial charge < -0.3 is 9.64 Å². The monoisotopic (exact) mass is 327 g/mol. The number of hydrogen-bond acceptors (Lipinski definition) is 3. The Bertz CT molecular complexity index is 655. The highest BCUT2D eigenvalue weighted by Gasteiger charge is 2.53. The third kappa shape index (κ3) is 2.72. The summed E-state index contributed by atoms with van der Waals surface area (Å²) in [5, 5.41) is 0. The molecular formula is C20H25NO3. The predicted octanol–water partition coefficient (Wildman–Crippen LogP) is 3.04. The lowest BCUT2D eigenvalue weighted by molar-refractivity contribution is -0.144. The number of likely N-dealkylation sites (tertiary alicyclic amines) is 1. The van der Waals surface area contributed by atoms with Crippen molar-refractivity contribution in [2.45, 2.75) is 44.9 Å². The molecule has 1 amide bonds. The van der Waals surface area contributed by atoms with Crippen LogP contribution in [0.4, 0.5) is 0 Å². The van der Waals surface area contributed by atoms with Crippen LogP contribution < -0.4 is 0 Å². The lowest BCUT2D eigenvalue weighted by atomic mass is 9.61. The van der Waals surface area contributed by atoms with Gasteiger partial charge in [-0.05, 0) is 49.7 Å². The van der Waals surface area contributed by atoms with Crippen molar-refractivity contribution < 1.29 is 14.3 Å². The van der Waals surface area contributed by atoms with Gasteiger partial charge in [0.1, 0.15) is 0 Å². The lowest BCUT2D eigenvalue weighted by Gasteiger charge is -2.45. The van der Waals surface area contributed by atoms with Gasteiger partial charge in [0.25, 0.3) is 0 Å². The van der Waals surface area contributed by atoms with Crippen LogP contribution in [0.1, 0.15) is 49.1 Å². The number of aryl methyl sites for hydroxylation is 1. The molecule has 1 aromatic rings. The Labute approximate surface area is 143 Å². The van der Waals surface area contributed by atoms with Crippen molar-refractivity contribution in [2.24, 2.45) is 11.3 Å². The first-order valence-electron chi connectivity index (χ1n) is 9.06. The molecule has 1 aliphatic carbocycles. The second-order valence-electron chi connectivity index (χ2n) is 7.90. The number of amides is 1. The number of rotatable bonds is 2. The first-order chi connectivity index (χ1) is 11.6. The second-order valence-corrected chi connectivity index (χ2v) is 7.90. The standard InChI is InChI=1S/C20H25NO3/c1-14-4-2-3-5-17(14)15-6-8-21(9-7-15)19(23)16-10-20(11-16)12-18(22)24-13-20/h2-5,15-16H,6-13H2,1H3. The van der Waals surface area contributed by atoms with Gasteiger partial charge in [-0.25, -0.2) is 0 Å². The number of cyclic esters (lactones) is 1. The number of piperidine rings is 1. The molecule has 0 aromatic heterocycles. The number of carbonyl (C=O) groups excluding carboxylic acids is 2. The van der Waals surface area contributed by atoms with E-state index in [1.165, 1.54) is 11.1 Å². The maximum atomic E-state index is 12.7. The van der Waals surface area contributed by atoms with E-state index in [0.29, 0.717) is 24.9 Å². The van der Waals surface area contributed by atoms with Crippen molar-refractivity contribution in [1.29, 1.82) is 0 Å². The van der Waals surface area contributed by atoms with Crippen molar-refractivity contribution >= 4 is 11.9 Å². The molecule has 0 radical (unpaired) electrons. The molecule has 24 heavy (non-hydrogen) atoms. The van der Waals surface area contributed by atoms with Crippen molar-refractivity contribution in [3.63, 3.8) is 0 Å². The van der Waals surface area contributed by atoms with Crippen LogP contribution in [-0.2, 0) is 14.3 Å². The number of esters is 1. The van der Waals surface area contributed by atoms with Gasteiger partial charge in [-0.2, -0.15) is 0 Å². The zero-order valence-corrected chi connectivity index (χ0v) is 14.3. The zero-order valence-electron chi connectivity index (χ0n) is 14.3. The number of nitrogens with zero attached hydrogens (tertiary/aromatic N) is 1. The third-order valence-corrected chi connectivity index (χ3v) is 6.20. The Morgan fingerprint density at radius 2 is 1.92 bits per heavy atom. The average Bonchev–Trinajstić information content (AvgIpc) is 2.96. The van der Waals surface area contributed by atoms with E-state index in [1.54, 1.807) is 0 Å². The van der Waals surface area contributed by atoms with E-state index in [1.807, 2.05) is 4.90 Å². The fourth-order valence-electron chi connectivity index (χ4n) is 4.78. The van der Waals surface area contributed by atoms with Crippen LogP contribution in [0.2, 0.25) is 0 Å². The van der Waals surface area contributed by atoms with Crippen LogP contribution in [-0.4, -0.2) is 36.5 Å². The molecule has 3 aliphatic rings. The molecule has 1 spiro atoms. The quantitative estimate of drug-likeness (QED) is 0.784. The molecule has 4 nitrogen and oxygen atoms in total. The normalized spacial score (nSPS) is 30.3. The molecule has 4 rings (SSSR count). The highest BCUT2D eigenvalue weighted by atomic mass is 16.5. The van der Waals surface area contributed by atoms with E-state index >= 15 is 0 Å². The molecule has 0 bridgehead atoms. The summed E-state index contributed by atoms with van der Waals surface area (Å²) in [5.41, 5.74) is 2.78. The van der Waals surface area contributed by atoms with Gasteiger partial charge in [0.2, 0.25) is 5.91 Å². The molecule has 1 aromatic carbocycles. The molecule has 2 heterocycles. The van der Waals surface area contributed by atoms with E-state index in [-0.39, 0.29) is 17.3 Å². The minimum atomic E-state index is -0.0973. The van der Waals surface area contributed by atoms with Crippen LogP contribution >= 0.6 is 0 Å². The number of hydrogen-bond donors (Lipinski definition) is 0. The van der Waals surface area contributed by atoms with Gasteiger partial charge >= 0.3 is 5.97 Å². The van der Waals surface area contributed by atoms with Crippen LogP contribution in [0.5, 0.6) is 0 Å². The maximum Gasteiger partial charge on any atom is 0.306 e. The highest BCUT2D eigenvalue weighted by Crippen LogP contribution is 2.52. The average molecular weight is 327 g/mol. The van der Waals surface area contributed by atoms with Gasteiger partial charge in [-0.15, -0.1) is 0 Å². The minimum absolute atomic E-state index is 0.0170. The molecule has 0 N–H and O–H groups in total. The third-order valence-electron chi connectivity index (χ3n) is 6.20. The molecular weight excluding hydrogens is 302 g/mol. The van der Waals surface area contributed by atoms with Crippen LogP contribution in [0, 0.1) is 18.3 Å². The Morgan fingerprint density at radius 1 is 1.21 bits per heavy atom. The molecule has 128 valence electrons. The van der Waals surface area contributed by atoms with Crippen LogP contribution in [0.3, 0.4) is 0 Å². The molecule has 2 saturated heterocycles. The molecule has 2 aliphatic heterocycles. The topological polar surface area (TPSA) is 46.6 Å². The first-order valence-corrected chi connectivity index (χ1v) is 9.06. The number of carbonyl (C=O) groups is 2. The van der Waals surface area contributed by atoms with Crippen molar-refractivity contribution in [1.82, 2.24) is 4.90 Å². The zero-order chi connectivity index (χ0) is 16.7. The minimum Gasteiger partial charge on any atom is -0.465 e. The second kappa shape index (κ2) is 5.91. The predicted molar refractivity (Wildman–Crippen MR) is 90.5 cm³/mol. The summed E-state index contributed by atoms with van der Waals surface area (Å²) in [5.74, 6) is 0.876. The van der Waals surface area contributed by atoms with E-state index in [4.69, 9.17) is 4.74 Å². The fourth-order valence-corrected chi connectivity index (χ4v) is 4.78. The summed E-state index contributed by atoms with van der Waals surface area (Å²) in [4.78, 5) is 26.1. The van der Waals surface area contributed by atoms with Gasteiger partial charge in [-0.3, -0.25) is 9.59 Å². The van der Waals surface area contributed by atoms with Gasteiger partial charge in [0, 0.05) is 24.4 Å². The van der Waals surface area contributed by atoms with E-state index in [9.17, 15) is 9.59 Å². The lowest BCUT2D eigenvalue weighted by Crippen LogP contribution is -2.49. The largest absolute Gasteiger partial charge is 0.465 e. The van der Waals surface area contributed by atoms with Crippen LogP contribution in [0.15, 0.2) is 24.3 Å². The van der Waals surface area contributed by atoms with E-state index in [0.717, 1.165) is 38.8 Å². The van der Waals surface area contributed by atoms with E-state index < -0.39 is 0 Å². The van der Waals surface area contributed by atoms with Gasteiger partial charge in [0.05, 0.1) is 13.0 Å². The van der Waals surface area contributed by atoms with Crippen molar-refractivity contribution in [2.75, 3.05) is 19.7 Å². The summed E-state index contributed by atoms with van der Waals surface area (Å²) >= 11 is 0. The Morgan fingerprint density at radius 3 is 2.54 bits per heavy atom. The maximum absolute atomic E-state index is 12.7. The van der Waals surface area contributed by atoms with Crippen molar-refractivity contribution in [3.8, 4) is 0 Å². The van der Waals surface area contributed by atoms with Gasteiger partial charge in [-0.1, -0.05) is 24.3 Å². The number of benzene rings is 1. The molecule has 1 saturated carbocycles. The van der Waals surface area contributed by atoms with Crippen molar-refractivity contribution in [3.05, 3.63) is 35.4 Å². The first kappa shape index (κ1) is 15.7. The molecule has 0 atom stereocenters. The Kier molecular flexibility index (Phi) is 3.86. The van der Waals surface area contributed by atoms with Gasteiger partial charge in [0.15, 0.2) is 0 Å².